The van der Waals surface area contributed by atoms with Crippen LogP contribution in [0.25, 0.3) is 0 Å². The number of tetrazole rings is 1. The molecule has 0 aliphatic heterocycles. The molecule has 12 heavy (non-hydrogen) atoms. The minimum atomic E-state index is 0.139. The number of hydrogen-bond acceptors (Lipinski definition) is 3. The topological polar surface area (TPSA) is 46.5 Å². The average molecular weight is 184 g/mol. The Morgan fingerprint density at radius 1 is 1.50 bits per heavy atom. The number of H-pyrrole nitrogens is 1. The standard InChI is InChI=1S/C7H12N4S/c1-7(4-2-3-5-7)11-6(12)8-9-10-11/h2-5H2,1H3,(H,8,10,12). The molecule has 1 aromatic heterocycles. The van der Waals surface area contributed by atoms with E-state index in [1.807, 2.05) is 4.68 Å². The van der Waals surface area contributed by atoms with E-state index in [-0.39, 0.29) is 5.54 Å². The molecular weight excluding hydrogens is 172 g/mol. The van der Waals surface area contributed by atoms with Gasteiger partial charge in [-0.2, -0.15) is 5.21 Å². The van der Waals surface area contributed by atoms with E-state index in [2.05, 4.69) is 22.4 Å². The summed E-state index contributed by atoms with van der Waals surface area (Å²) < 4.78 is 2.48. The van der Waals surface area contributed by atoms with Crippen molar-refractivity contribution in [2.24, 2.45) is 0 Å². The summed E-state index contributed by atoms with van der Waals surface area (Å²) in [5.41, 5.74) is 0.139. The van der Waals surface area contributed by atoms with Gasteiger partial charge in [0.25, 0.3) is 0 Å². The lowest BCUT2D eigenvalue weighted by Gasteiger charge is -2.23. The molecule has 1 heterocycles. The van der Waals surface area contributed by atoms with Gasteiger partial charge in [-0.05, 0) is 32.0 Å². The fourth-order valence-corrected chi connectivity index (χ4v) is 2.21. The van der Waals surface area contributed by atoms with Gasteiger partial charge in [-0.25, -0.2) is 4.68 Å². The van der Waals surface area contributed by atoms with E-state index in [9.17, 15) is 0 Å². The molecule has 5 heteroatoms. The molecule has 0 amide bonds. The fraction of sp³-hybridized carbons (Fsp3) is 0.857. The molecule has 1 saturated carbocycles. The Labute approximate surface area is 76.0 Å². The van der Waals surface area contributed by atoms with Crippen LogP contribution >= 0.6 is 12.2 Å². The summed E-state index contributed by atoms with van der Waals surface area (Å²) in [6, 6.07) is 0. The van der Waals surface area contributed by atoms with Crippen LogP contribution in [0.1, 0.15) is 32.6 Å². The quantitative estimate of drug-likeness (QED) is 0.675. The third-order valence-electron chi connectivity index (χ3n) is 2.69. The molecule has 0 radical (unpaired) electrons. The van der Waals surface area contributed by atoms with Gasteiger partial charge in [0.05, 0.1) is 5.54 Å². The molecule has 1 fully saturated rings. The number of nitrogens with one attached hydrogen (secondary N) is 1. The van der Waals surface area contributed by atoms with Crippen molar-refractivity contribution in [1.29, 1.82) is 0 Å². The molecule has 66 valence electrons. The van der Waals surface area contributed by atoms with Crippen molar-refractivity contribution in [3.05, 3.63) is 4.77 Å². The van der Waals surface area contributed by atoms with Crippen LogP contribution in [-0.2, 0) is 5.54 Å². The first-order chi connectivity index (χ1) is 5.72. The lowest BCUT2D eigenvalue weighted by atomic mass is 10.0. The van der Waals surface area contributed by atoms with Gasteiger partial charge >= 0.3 is 0 Å². The Hall–Kier alpha value is -0.710. The van der Waals surface area contributed by atoms with Crippen LogP contribution in [-0.4, -0.2) is 20.2 Å². The number of rotatable bonds is 1. The van der Waals surface area contributed by atoms with Crippen LogP contribution in [0.15, 0.2) is 0 Å². The largest absolute Gasteiger partial charge is 0.238 e. The molecule has 0 unspecified atom stereocenters. The molecule has 0 atom stereocenters. The highest BCUT2D eigenvalue weighted by molar-refractivity contribution is 7.71. The number of aromatic amines is 1. The summed E-state index contributed by atoms with van der Waals surface area (Å²) in [5.74, 6) is 0. The maximum Gasteiger partial charge on any atom is 0.238 e. The van der Waals surface area contributed by atoms with Gasteiger partial charge in [0.15, 0.2) is 0 Å². The van der Waals surface area contributed by atoms with Crippen LogP contribution < -0.4 is 0 Å². The van der Waals surface area contributed by atoms with Crippen molar-refractivity contribution in [3.63, 3.8) is 0 Å². The SMILES string of the molecule is CC1(n2[nH]nnc2=S)CCCC1. The van der Waals surface area contributed by atoms with E-state index >= 15 is 0 Å². The summed E-state index contributed by atoms with van der Waals surface area (Å²) in [5, 5.41) is 10.3. The smallest absolute Gasteiger partial charge is 0.237 e. The first kappa shape index (κ1) is 7.91. The highest BCUT2D eigenvalue weighted by atomic mass is 32.1. The molecule has 4 nitrogen and oxygen atoms in total. The first-order valence-corrected chi connectivity index (χ1v) is 4.64. The van der Waals surface area contributed by atoms with Crippen molar-refractivity contribution in [1.82, 2.24) is 20.2 Å². The normalized spacial score (nSPS) is 21.4. The molecule has 1 aromatic rings. The van der Waals surface area contributed by atoms with Gasteiger partial charge < -0.3 is 0 Å². The van der Waals surface area contributed by atoms with Crippen molar-refractivity contribution in [2.75, 3.05) is 0 Å². The van der Waals surface area contributed by atoms with Crippen molar-refractivity contribution in [3.8, 4) is 0 Å². The predicted octanol–water partition coefficient (Wildman–Crippen LogP) is 1.62. The van der Waals surface area contributed by atoms with Gasteiger partial charge in [-0.1, -0.05) is 23.2 Å². The van der Waals surface area contributed by atoms with Gasteiger partial charge in [0.1, 0.15) is 0 Å². The van der Waals surface area contributed by atoms with E-state index in [1.165, 1.54) is 25.7 Å². The Morgan fingerprint density at radius 2 is 2.17 bits per heavy atom. The highest BCUT2D eigenvalue weighted by Gasteiger charge is 2.31. The van der Waals surface area contributed by atoms with Gasteiger partial charge in [-0.3, -0.25) is 0 Å². The van der Waals surface area contributed by atoms with E-state index in [4.69, 9.17) is 12.2 Å². The van der Waals surface area contributed by atoms with E-state index < -0.39 is 0 Å². The van der Waals surface area contributed by atoms with E-state index in [0.29, 0.717) is 4.77 Å². The zero-order chi connectivity index (χ0) is 8.60. The number of nitrogens with zero attached hydrogens (tertiary/aromatic N) is 3. The second-order valence-corrected chi connectivity index (χ2v) is 3.99. The van der Waals surface area contributed by atoms with Crippen LogP contribution in [0.4, 0.5) is 0 Å². The first-order valence-electron chi connectivity index (χ1n) is 4.23. The number of aromatic nitrogens is 4. The zero-order valence-corrected chi connectivity index (χ0v) is 7.89. The van der Waals surface area contributed by atoms with E-state index in [0.717, 1.165) is 0 Å². The van der Waals surface area contributed by atoms with Crippen LogP contribution in [0.5, 0.6) is 0 Å². The molecule has 0 spiro atoms. The predicted molar refractivity (Wildman–Crippen MR) is 47.3 cm³/mol. The second-order valence-electron chi connectivity index (χ2n) is 3.62. The monoisotopic (exact) mass is 184 g/mol. The highest BCUT2D eigenvalue weighted by Crippen LogP contribution is 2.35. The maximum atomic E-state index is 5.05. The zero-order valence-electron chi connectivity index (χ0n) is 7.08. The molecule has 2 rings (SSSR count). The van der Waals surface area contributed by atoms with Gasteiger partial charge in [0.2, 0.25) is 4.77 Å². The lowest BCUT2D eigenvalue weighted by molar-refractivity contribution is 0.285. The Kier molecular flexibility index (Phi) is 1.75. The average Bonchev–Trinajstić information content (AvgIpc) is 2.59. The molecule has 0 saturated heterocycles. The summed E-state index contributed by atoms with van der Waals surface area (Å²) in [6.07, 6.45) is 4.89. The van der Waals surface area contributed by atoms with Gasteiger partial charge in [-0.15, -0.1) is 0 Å². The molecular formula is C7H12N4S. The van der Waals surface area contributed by atoms with Gasteiger partial charge in [0, 0.05) is 0 Å². The van der Waals surface area contributed by atoms with Crippen LogP contribution in [0, 0.1) is 4.77 Å². The third-order valence-corrected chi connectivity index (χ3v) is 2.96. The summed E-state index contributed by atoms with van der Waals surface area (Å²) in [7, 11) is 0. The van der Waals surface area contributed by atoms with Crippen molar-refractivity contribution in [2.45, 2.75) is 38.1 Å². The van der Waals surface area contributed by atoms with Crippen molar-refractivity contribution >= 4 is 12.2 Å². The summed E-state index contributed by atoms with van der Waals surface area (Å²) >= 11 is 5.05. The molecule has 0 aromatic carbocycles. The number of hydrogen-bond donors (Lipinski definition) is 1. The van der Waals surface area contributed by atoms with Crippen molar-refractivity contribution < 1.29 is 0 Å². The lowest BCUT2D eigenvalue weighted by Crippen LogP contribution is -2.27. The van der Waals surface area contributed by atoms with Crippen LogP contribution in [0.2, 0.25) is 0 Å². The summed E-state index contributed by atoms with van der Waals surface area (Å²) in [4.78, 5) is 0. The molecule has 1 aliphatic carbocycles. The minimum Gasteiger partial charge on any atom is -0.237 e. The minimum absolute atomic E-state index is 0.139. The maximum absolute atomic E-state index is 5.05. The molecule has 0 bridgehead atoms. The summed E-state index contributed by atoms with van der Waals surface area (Å²) in [6.45, 7) is 2.20. The third kappa shape index (κ3) is 1.08. The Bertz CT molecular complexity index is 320. The van der Waals surface area contributed by atoms with E-state index in [1.54, 1.807) is 0 Å². The molecule has 1 aliphatic rings. The Morgan fingerprint density at radius 3 is 2.67 bits per heavy atom. The second kappa shape index (κ2) is 2.65. The Balaban J connectivity index is 2.41. The van der Waals surface area contributed by atoms with Crippen LogP contribution in [0.3, 0.4) is 0 Å². The fourth-order valence-electron chi connectivity index (χ4n) is 1.91. The molecule has 1 N–H and O–H groups in total.